The number of carbonyl (C=O) groups excluding carboxylic acids is 2. The Labute approximate surface area is 207 Å². The van der Waals surface area contributed by atoms with Crippen molar-refractivity contribution in [1.82, 2.24) is 0 Å². The average Bonchev–Trinajstić information content (AvgIpc) is 3.02. The number of phenolic OH excluding ortho intramolecular Hbond substituents is 3. The minimum Gasteiger partial charge on any atom is -0.508 e. The number of carbonyl (C=O) groups is 2. The molecule has 4 atom stereocenters. The van der Waals surface area contributed by atoms with Crippen LogP contribution in [0.4, 0.5) is 0 Å². The Balaban J connectivity index is 1.39. The van der Waals surface area contributed by atoms with Crippen molar-refractivity contribution in [3.8, 4) is 17.2 Å². The van der Waals surface area contributed by atoms with Crippen molar-refractivity contribution < 1.29 is 49.0 Å². The predicted octanol–water partition coefficient (Wildman–Crippen LogP) is 1.93. The van der Waals surface area contributed by atoms with Crippen molar-refractivity contribution in [3.05, 3.63) is 65.4 Å². The Hall–Kier alpha value is -3.76. The lowest BCUT2D eigenvalue weighted by molar-refractivity contribution is -0.169. The van der Waals surface area contributed by atoms with Gasteiger partial charge in [-0.05, 0) is 41.8 Å². The lowest BCUT2D eigenvalue weighted by Crippen LogP contribution is -2.45. The summed E-state index contributed by atoms with van der Waals surface area (Å²) in [5.41, 5.74) is 1.69. The van der Waals surface area contributed by atoms with Crippen LogP contribution in [0.3, 0.4) is 0 Å². The number of phenols is 3. The molecule has 0 unspecified atom stereocenters. The maximum Gasteiger partial charge on any atom is 0.337 e. The fourth-order valence-corrected chi connectivity index (χ4v) is 4.36. The smallest absolute Gasteiger partial charge is 0.337 e. The minimum atomic E-state index is -1.31. The zero-order valence-corrected chi connectivity index (χ0v) is 19.4. The molecular weight excluding hydrogens is 472 g/mol. The number of hydrogen-bond donors (Lipinski definition) is 4. The van der Waals surface area contributed by atoms with Crippen LogP contribution in [-0.2, 0) is 41.4 Å². The average molecular weight is 501 g/mol. The summed E-state index contributed by atoms with van der Waals surface area (Å²) in [4.78, 5) is 25.2. The third kappa shape index (κ3) is 6.07. The van der Waals surface area contributed by atoms with E-state index < -0.39 is 36.2 Å². The molecule has 0 bridgehead atoms. The van der Waals surface area contributed by atoms with Gasteiger partial charge in [0.25, 0.3) is 0 Å². The third-order valence-electron chi connectivity index (χ3n) is 6.31. The van der Waals surface area contributed by atoms with Crippen LogP contribution in [0.15, 0.2) is 54.3 Å². The third-order valence-corrected chi connectivity index (χ3v) is 6.31. The highest BCUT2D eigenvalue weighted by atomic mass is 16.6. The number of ether oxygens (including phenoxy) is 4. The molecule has 2 aliphatic heterocycles. The molecule has 2 aromatic rings. The molecule has 10 heteroatoms. The second kappa shape index (κ2) is 11.3. The number of aliphatic hydroxyl groups is 1. The minimum absolute atomic E-state index is 0.0165. The normalized spacial score (nSPS) is 23.5. The number of aromatic hydroxyl groups is 3. The van der Waals surface area contributed by atoms with Crippen LogP contribution in [0, 0.1) is 11.8 Å². The van der Waals surface area contributed by atoms with Gasteiger partial charge in [0.05, 0.1) is 37.4 Å². The maximum absolute atomic E-state index is 12.9. The first kappa shape index (κ1) is 25.3. The van der Waals surface area contributed by atoms with Crippen molar-refractivity contribution in [1.29, 1.82) is 0 Å². The molecule has 1 fully saturated rings. The van der Waals surface area contributed by atoms with Gasteiger partial charge in [0.1, 0.15) is 18.5 Å². The maximum atomic E-state index is 12.9. The van der Waals surface area contributed by atoms with E-state index in [0.717, 1.165) is 11.8 Å². The van der Waals surface area contributed by atoms with Gasteiger partial charge in [-0.15, -0.1) is 0 Å². The Kier molecular flexibility index (Phi) is 7.97. The fourth-order valence-electron chi connectivity index (χ4n) is 4.36. The molecule has 192 valence electrons. The van der Waals surface area contributed by atoms with Crippen LogP contribution in [0.1, 0.15) is 17.5 Å². The largest absolute Gasteiger partial charge is 0.508 e. The van der Waals surface area contributed by atoms with Gasteiger partial charge in [-0.25, -0.2) is 4.79 Å². The summed E-state index contributed by atoms with van der Waals surface area (Å²) in [6.07, 6.45) is -0.237. The number of benzene rings is 2. The number of aliphatic hydroxyl groups excluding tert-OH is 1. The van der Waals surface area contributed by atoms with E-state index in [1.165, 1.54) is 12.1 Å². The molecule has 4 N–H and O–H groups in total. The number of fused-ring (bicyclic) bond motifs is 1. The summed E-state index contributed by atoms with van der Waals surface area (Å²) in [5.74, 6) is -3.05. The number of hydrogen-bond acceptors (Lipinski definition) is 10. The fraction of sp³-hybridized carbons (Fsp3) is 0.385. The Morgan fingerprint density at radius 1 is 0.972 bits per heavy atom. The van der Waals surface area contributed by atoms with Crippen LogP contribution in [0.5, 0.6) is 17.2 Å². The molecule has 0 aromatic heterocycles. The molecule has 2 aliphatic rings. The van der Waals surface area contributed by atoms with Crippen molar-refractivity contribution >= 4 is 11.9 Å². The van der Waals surface area contributed by atoms with Gasteiger partial charge >= 0.3 is 11.9 Å². The molecule has 0 radical (unpaired) electrons. The molecule has 0 spiro atoms. The quantitative estimate of drug-likeness (QED) is 0.312. The molecule has 4 rings (SSSR count). The van der Waals surface area contributed by atoms with Crippen molar-refractivity contribution in [2.75, 3.05) is 19.8 Å². The highest BCUT2D eigenvalue weighted by Crippen LogP contribution is 2.38. The molecule has 0 saturated carbocycles. The number of esters is 2. The van der Waals surface area contributed by atoms with Gasteiger partial charge in [0, 0.05) is 12.3 Å². The van der Waals surface area contributed by atoms with Gasteiger partial charge in [0.2, 0.25) is 6.29 Å². The highest BCUT2D eigenvalue weighted by Gasteiger charge is 2.47. The first-order valence-corrected chi connectivity index (χ1v) is 11.6. The topological polar surface area (TPSA) is 152 Å². The zero-order chi connectivity index (χ0) is 25.7. The van der Waals surface area contributed by atoms with E-state index in [1.807, 2.05) is 0 Å². The lowest BCUT2D eigenvalue weighted by atomic mass is 9.79. The van der Waals surface area contributed by atoms with Gasteiger partial charge in [-0.1, -0.05) is 18.2 Å². The van der Waals surface area contributed by atoms with Gasteiger partial charge < -0.3 is 39.4 Å². The van der Waals surface area contributed by atoms with E-state index in [2.05, 4.69) is 0 Å². The molecule has 0 amide bonds. The summed E-state index contributed by atoms with van der Waals surface area (Å²) >= 11 is 0. The number of rotatable bonds is 8. The Bertz CT molecular complexity index is 1110. The SMILES string of the molecule is O=C1C[C@@H]2C(C(=O)OCCc3ccc(O)c(O)c3)=CO[C@@H](O)[C@@H]2[C@H](OCCc2ccc(O)cc2)CO1. The van der Waals surface area contributed by atoms with Crippen molar-refractivity contribution in [2.24, 2.45) is 11.8 Å². The summed E-state index contributed by atoms with van der Waals surface area (Å²) in [5, 5.41) is 39.0. The molecule has 1 saturated heterocycles. The first-order valence-electron chi connectivity index (χ1n) is 11.6. The molecule has 0 aliphatic carbocycles. The number of cyclic esters (lactones) is 1. The molecule has 36 heavy (non-hydrogen) atoms. The summed E-state index contributed by atoms with van der Waals surface area (Å²) in [7, 11) is 0. The van der Waals surface area contributed by atoms with Crippen molar-refractivity contribution in [2.45, 2.75) is 31.7 Å². The van der Waals surface area contributed by atoms with Gasteiger partial charge in [0.15, 0.2) is 11.5 Å². The van der Waals surface area contributed by atoms with E-state index in [-0.39, 0.29) is 55.5 Å². The van der Waals surface area contributed by atoms with E-state index in [9.17, 15) is 30.0 Å². The van der Waals surface area contributed by atoms with Crippen LogP contribution < -0.4 is 0 Å². The zero-order valence-electron chi connectivity index (χ0n) is 19.4. The highest BCUT2D eigenvalue weighted by molar-refractivity contribution is 5.90. The molecule has 10 nitrogen and oxygen atoms in total. The summed E-state index contributed by atoms with van der Waals surface area (Å²) in [6.45, 7) is 0.145. The van der Waals surface area contributed by atoms with E-state index in [4.69, 9.17) is 18.9 Å². The van der Waals surface area contributed by atoms with Gasteiger partial charge in [-0.2, -0.15) is 0 Å². The van der Waals surface area contributed by atoms with Crippen LogP contribution in [-0.4, -0.2) is 64.6 Å². The molecule has 2 aromatic carbocycles. The predicted molar refractivity (Wildman–Crippen MR) is 124 cm³/mol. The Morgan fingerprint density at radius 3 is 2.44 bits per heavy atom. The summed E-state index contributed by atoms with van der Waals surface area (Å²) < 4.78 is 21.9. The monoisotopic (exact) mass is 500 g/mol. The second-order valence-corrected chi connectivity index (χ2v) is 8.71. The Morgan fingerprint density at radius 2 is 1.69 bits per heavy atom. The van der Waals surface area contributed by atoms with Gasteiger partial charge in [-0.3, -0.25) is 4.79 Å². The van der Waals surface area contributed by atoms with Crippen molar-refractivity contribution in [3.63, 3.8) is 0 Å². The second-order valence-electron chi connectivity index (χ2n) is 8.71. The van der Waals surface area contributed by atoms with E-state index in [0.29, 0.717) is 12.0 Å². The first-order chi connectivity index (χ1) is 17.3. The molecular formula is C26H28O10. The van der Waals surface area contributed by atoms with E-state index >= 15 is 0 Å². The van der Waals surface area contributed by atoms with Crippen LogP contribution in [0.25, 0.3) is 0 Å². The lowest BCUT2D eigenvalue weighted by Gasteiger charge is -2.36. The van der Waals surface area contributed by atoms with Crippen LogP contribution >= 0.6 is 0 Å². The molecule has 2 heterocycles. The van der Waals surface area contributed by atoms with Crippen LogP contribution in [0.2, 0.25) is 0 Å². The standard InChI is InChI=1S/C26H28O10/c27-17-4-1-15(2-5-17)7-9-33-22-14-35-23(30)12-18-19(13-36-26(32)24(18)22)25(31)34-10-8-16-3-6-20(28)21(29)11-16/h1-6,11,13,18,22,24,26-29,32H,7-10,12,14H2/t18-,22-,24+,26-/m1/s1. The summed E-state index contributed by atoms with van der Waals surface area (Å²) in [6, 6.07) is 11.0. The van der Waals surface area contributed by atoms with E-state index in [1.54, 1.807) is 30.3 Å².